The summed E-state index contributed by atoms with van der Waals surface area (Å²) in [5.41, 5.74) is 15.0. The van der Waals surface area contributed by atoms with E-state index in [-0.39, 0.29) is 0 Å². The van der Waals surface area contributed by atoms with E-state index in [9.17, 15) is 5.21 Å². The van der Waals surface area contributed by atoms with E-state index in [0.717, 1.165) is 94.1 Å². The molecule has 0 saturated heterocycles. The Balaban J connectivity index is 1.48. The van der Waals surface area contributed by atoms with E-state index in [1.165, 1.54) is 12.4 Å². The van der Waals surface area contributed by atoms with Crippen molar-refractivity contribution in [3.05, 3.63) is 168 Å². The van der Waals surface area contributed by atoms with Crippen LogP contribution in [0.15, 0.2) is 140 Å². The summed E-state index contributed by atoms with van der Waals surface area (Å²) in [5, 5.41) is 12.1. The van der Waals surface area contributed by atoms with Gasteiger partial charge in [-0.3, -0.25) is 0 Å². The maximum absolute atomic E-state index is 12.1. The molecule has 6 heterocycles. The number of fused-ring (bicyclic) bond motifs is 8. The zero-order valence-electron chi connectivity index (χ0n) is 26.3. The highest BCUT2D eigenvalue weighted by Gasteiger charge is 2.19. The molecular formula is C43H29N5O. The third-order valence-electron chi connectivity index (χ3n) is 9.03. The fourth-order valence-electron chi connectivity index (χ4n) is 6.81. The molecule has 49 heavy (non-hydrogen) atoms. The van der Waals surface area contributed by atoms with Crippen molar-refractivity contribution in [2.75, 3.05) is 0 Å². The third kappa shape index (κ3) is 5.12. The number of rotatable bonds is 4. The molecule has 2 N–H and O–H groups in total. The Morgan fingerprint density at radius 2 is 0.653 bits per heavy atom. The van der Waals surface area contributed by atoms with Crippen LogP contribution in [0, 0.1) is 5.21 Å². The minimum absolute atomic E-state index is 0.797. The van der Waals surface area contributed by atoms with Gasteiger partial charge in [-0.15, -0.1) is 0 Å². The molecule has 3 aromatic carbocycles. The maximum atomic E-state index is 12.1. The second-order valence-corrected chi connectivity index (χ2v) is 12.0. The van der Waals surface area contributed by atoms with Crippen molar-refractivity contribution in [2.45, 2.75) is 0 Å². The first kappa shape index (κ1) is 28.4. The van der Waals surface area contributed by atoms with Crippen LogP contribution in [0.3, 0.4) is 0 Å². The summed E-state index contributed by atoms with van der Waals surface area (Å²) in [7, 11) is 0. The van der Waals surface area contributed by atoms with Crippen molar-refractivity contribution in [1.29, 1.82) is 0 Å². The molecule has 232 valence electrons. The highest BCUT2D eigenvalue weighted by atomic mass is 16.5. The zero-order valence-corrected chi connectivity index (χ0v) is 26.3. The second kappa shape index (κ2) is 11.8. The molecule has 0 aliphatic carbocycles. The molecule has 4 aromatic heterocycles. The first-order valence-corrected chi connectivity index (χ1v) is 16.2. The van der Waals surface area contributed by atoms with Gasteiger partial charge in [-0.25, -0.2) is 9.97 Å². The summed E-state index contributed by atoms with van der Waals surface area (Å²) in [6.07, 6.45) is 11.4. The number of hydrogen-bond acceptors (Lipinski definition) is 3. The van der Waals surface area contributed by atoms with Gasteiger partial charge in [0, 0.05) is 56.5 Å². The van der Waals surface area contributed by atoms with Gasteiger partial charge in [0.15, 0.2) is 12.4 Å². The molecule has 8 bridgehead atoms. The molecule has 2 aliphatic rings. The van der Waals surface area contributed by atoms with Gasteiger partial charge in [0.2, 0.25) is 0 Å². The fourth-order valence-corrected chi connectivity index (χ4v) is 6.81. The number of benzene rings is 3. The Bertz CT molecular complexity index is 2540. The largest absolute Gasteiger partial charge is 0.619 e. The number of H-pyrrole nitrogens is 2. The van der Waals surface area contributed by atoms with E-state index in [1.807, 2.05) is 54.6 Å². The van der Waals surface area contributed by atoms with Gasteiger partial charge >= 0.3 is 0 Å². The van der Waals surface area contributed by atoms with Crippen LogP contribution in [0.1, 0.15) is 22.8 Å². The second-order valence-electron chi connectivity index (χ2n) is 12.0. The van der Waals surface area contributed by atoms with Gasteiger partial charge < -0.3 is 15.2 Å². The Hall–Kier alpha value is -6.79. The lowest BCUT2D eigenvalue weighted by Gasteiger charge is -2.07. The average molecular weight is 632 g/mol. The Labute approximate surface area is 282 Å². The summed E-state index contributed by atoms with van der Waals surface area (Å²) in [6, 6.07) is 43.2. The Morgan fingerprint density at radius 3 is 0.959 bits per heavy atom. The van der Waals surface area contributed by atoms with Gasteiger partial charge in [0.05, 0.1) is 22.8 Å². The zero-order chi connectivity index (χ0) is 32.7. The molecule has 9 rings (SSSR count). The molecular weight excluding hydrogens is 603 g/mol. The lowest BCUT2D eigenvalue weighted by molar-refractivity contribution is -0.605. The molecule has 2 aliphatic heterocycles. The van der Waals surface area contributed by atoms with Gasteiger partial charge in [-0.1, -0.05) is 91.0 Å². The standard InChI is InChI=1S/C43H29N5O/c49-48-26-24-31(25-27-48)43-38-22-20-36(46-38)41(29-12-6-2-7-13-29)34-18-16-32(44-34)40(28-10-4-1-5-11-28)33-17-19-35(45-33)42(30-14-8-3-9-15-30)37-21-23-39(43)47-37/h1-27,44,47H. The predicted octanol–water partition coefficient (Wildman–Crippen LogP) is 9.96. The molecule has 0 atom stereocenters. The lowest BCUT2D eigenvalue weighted by atomic mass is 10.0. The first-order valence-electron chi connectivity index (χ1n) is 16.2. The lowest BCUT2D eigenvalue weighted by Crippen LogP contribution is -2.23. The summed E-state index contributed by atoms with van der Waals surface area (Å²) < 4.78 is 0.800. The van der Waals surface area contributed by atoms with E-state index < -0.39 is 0 Å². The quantitative estimate of drug-likeness (QED) is 0.150. The number of pyridine rings is 1. The molecule has 0 saturated carbocycles. The summed E-state index contributed by atoms with van der Waals surface area (Å²) in [4.78, 5) is 18.1. The van der Waals surface area contributed by atoms with Crippen molar-refractivity contribution >= 4 is 46.4 Å². The topological polar surface area (TPSA) is 84.3 Å². The van der Waals surface area contributed by atoms with Gasteiger partial charge in [-0.2, -0.15) is 4.73 Å². The van der Waals surface area contributed by atoms with Crippen LogP contribution in [-0.4, -0.2) is 19.9 Å². The van der Waals surface area contributed by atoms with Gasteiger partial charge in [-0.05, 0) is 70.8 Å². The van der Waals surface area contributed by atoms with Gasteiger partial charge in [0.1, 0.15) is 0 Å². The van der Waals surface area contributed by atoms with Crippen molar-refractivity contribution in [2.24, 2.45) is 0 Å². The minimum atomic E-state index is 0.797. The molecule has 6 heteroatoms. The van der Waals surface area contributed by atoms with Crippen LogP contribution in [0.5, 0.6) is 0 Å². The highest BCUT2D eigenvalue weighted by molar-refractivity contribution is 5.99. The van der Waals surface area contributed by atoms with Crippen LogP contribution in [0.2, 0.25) is 0 Å². The average Bonchev–Trinajstić information content (AvgIpc) is 3.98. The van der Waals surface area contributed by atoms with Crippen LogP contribution < -0.4 is 4.73 Å². The number of aromatic nitrogens is 5. The predicted molar refractivity (Wildman–Crippen MR) is 200 cm³/mol. The van der Waals surface area contributed by atoms with E-state index in [0.29, 0.717) is 0 Å². The molecule has 0 fully saturated rings. The number of hydrogen-bond donors (Lipinski definition) is 2. The summed E-state index contributed by atoms with van der Waals surface area (Å²) in [5.74, 6) is 0. The van der Waals surface area contributed by atoms with Crippen molar-refractivity contribution in [1.82, 2.24) is 19.9 Å². The van der Waals surface area contributed by atoms with Crippen molar-refractivity contribution < 1.29 is 4.73 Å². The monoisotopic (exact) mass is 631 g/mol. The van der Waals surface area contributed by atoms with Crippen LogP contribution >= 0.6 is 0 Å². The summed E-state index contributed by atoms with van der Waals surface area (Å²) in [6.45, 7) is 0. The highest BCUT2D eigenvalue weighted by Crippen LogP contribution is 2.38. The van der Waals surface area contributed by atoms with Crippen LogP contribution in [0.25, 0.3) is 90.9 Å². The molecule has 0 radical (unpaired) electrons. The van der Waals surface area contributed by atoms with E-state index in [4.69, 9.17) is 9.97 Å². The normalized spacial score (nSPS) is 12.0. The van der Waals surface area contributed by atoms with E-state index in [2.05, 4.69) is 107 Å². The molecule has 0 amide bonds. The molecule has 0 spiro atoms. The first-order chi connectivity index (χ1) is 24.2. The molecule has 7 aromatic rings. The Kier molecular flexibility index (Phi) is 6.84. The van der Waals surface area contributed by atoms with E-state index in [1.54, 1.807) is 0 Å². The van der Waals surface area contributed by atoms with Crippen molar-refractivity contribution in [3.63, 3.8) is 0 Å². The Morgan fingerprint density at radius 1 is 0.367 bits per heavy atom. The maximum Gasteiger partial charge on any atom is 0.180 e. The SMILES string of the molecule is [O-][n+]1ccc(-c2c3nc(c(-c4ccccc4)c4ccc([nH]4)c(-c4ccccc4)c4nc(c(-c5ccccc5)c5ccc2[nH]5)C=C4)C=C3)cc1. The van der Waals surface area contributed by atoms with Crippen molar-refractivity contribution in [3.8, 4) is 44.5 Å². The smallest absolute Gasteiger partial charge is 0.180 e. The third-order valence-corrected chi connectivity index (χ3v) is 9.03. The number of nitrogens with one attached hydrogen (secondary N) is 2. The van der Waals surface area contributed by atoms with Crippen LogP contribution in [-0.2, 0) is 0 Å². The fraction of sp³-hybridized carbons (Fsp3) is 0. The molecule has 6 nitrogen and oxygen atoms in total. The van der Waals surface area contributed by atoms with E-state index >= 15 is 0 Å². The molecule has 0 unspecified atom stereocenters. The minimum Gasteiger partial charge on any atom is -0.619 e. The number of aromatic amines is 2. The number of nitrogens with zero attached hydrogens (tertiary/aromatic N) is 3. The van der Waals surface area contributed by atoms with Gasteiger partial charge in [0.25, 0.3) is 0 Å². The van der Waals surface area contributed by atoms with Crippen LogP contribution in [0.4, 0.5) is 0 Å². The summed E-state index contributed by atoms with van der Waals surface area (Å²) >= 11 is 0.